The summed E-state index contributed by atoms with van der Waals surface area (Å²) >= 11 is 0. The van der Waals surface area contributed by atoms with Crippen molar-refractivity contribution in [2.24, 2.45) is 0 Å². The van der Waals surface area contributed by atoms with Gasteiger partial charge in [0.25, 0.3) is 0 Å². The molecule has 1 unspecified atom stereocenters. The number of rotatable bonds is 5. The molecule has 0 fully saturated rings. The van der Waals surface area contributed by atoms with Crippen LogP contribution >= 0.6 is 0 Å². The monoisotopic (exact) mass is 247 g/mol. The molecule has 1 aromatic heterocycles. The fourth-order valence-electron chi connectivity index (χ4n) is 1.91. The maximum Gasteiger partial charge on any atom is 0.123 e. The van der Waals surface area contributed by atoms with Gasteiger partial charge in [-0.05, 0) is 56.6 Å². The van der Waals surface area contributed by atoms with Crippen LogP contribution < -0.4 is 5.32 Å². The van der Waals surface area contributed by atoms with Crippen molar-refractivity contribution in [2.45, 2.75) is 26.3 Å². The summed E-state index contributed by atoms with van der Waals surface area (Å²) in [5, 5.41) is 3.36. The summed E-state index contributed by atoms with van der Waals surface area (Å²) in [7, 11) is 0. The molecule has 2 aromatic rings. The number of hydrogen-bond acceptors (Lipinski definition) is 2. The van der Waals surface area contributed by atoms with Crippen molar-refractivity contribution in [1.82, 2.24) is 5.32 Å². The average molecular weight is 247 g/mol. The number of nitrogens with one attached hydrogen (secondary N) is 1. The molecule has 0 bridgehead atoms. The summed E-state index contributed by atoms with van der Waals surface area (Å²) in [6.07, 6.45) is 0.807. The Labute approximate surface area is 107 Å². The molecule has 0 aliphatic carbocycles. The Morgan fingerprint density at radius 2 is 2.11 bits per heavy atom. The topological polar surface area (TPSA) is 25.2 Å². The molecule has 0 radical (unpaired) electrons. The minimum Gasteiger partial charge on any atom is -0.465 e. The highest BCUT2D eigenvalue weighted by Gasteiger charge is 2.08. The van der Waals surface area contributed by atoms with Gasteiger partial charge in [-0.2, -0.15) is 0 Å². The van der Waals surface area contributed by atoms with Gasteiger partial charge < -0.3 is 9.73 Å². The molecule has 1 aromatic carbocycles. The van der Waals surface area contributed by atoms with E-state index < -0.39 is 0 Å². The molecule has 18 heavy (non-hydrogen) atoms. The highest BCUT2D eigenvalue weighted by Crippen LogP contribution is 2.15. The first-order valence-electron chi connectivity index (χ1n) is 6.19. The van der Waals surface area contributed by atoms with Crippen LogP contribution in [-0.4, -0.2) is 6.54 Å². The molecular weight excluding hydrogens is 229 g/mol. The molecule has 1 N–H and O–H groups in total. The van der Waals surface area contributed by atoms with Gasteiger partial charge in [0.2, 0.25) is 0 Å². The van der Waals surface area contributed by atoms with Crippen LogP contribution in [0.1, 0.15) is 30.0 Å². The van der Waals surface area contributed by atoms with E-state index in [9.17, 15) is 4.39 Å². The summed E-state index contributed by atoms with van der Waals surface area (Å²) in [6.45, 7) is 4.79. The third kappa shape index (κ3) is 3.44. The summed E-state index contributed by atoms with van der Waals surface area (Å²) in [5.41, 5.74) is 1.00. The molecule has 1 atom stereocenters. The Morgan fingerprint density at radius 3 is 2.78 bits per heavy atom. The molecule has 1 heterocycles. The van der Waals surface area contributed by atoms with Gasteiger partial charge in [0.15, 0.2) is 0 Å². The fourth-order valence-corrected chi connectivity index (χ4v) is 1.91. The molecule has 0 saturated carbocycles. The van der Waals surface area contributed by atoms with Gasteiger partial charge in [-0.3, -0.25) is 0 Å². The van der Waals surface area contributed by atoms with Crippen molar-refractivity contribution in [3.05, 3.63) is 59.3 Å². The summed E-state index contributed by atoms with van der Waals surface area (Å²) in [6, 6.07) is 10.8. The van der Waals surface area contributed by atoms with Gasteiger partial charge in [-0.25, -0.2) is 4.39 Å². The van der Waals surface area contributed by atoms with Crippen LogP contribution in [0.4, 0.5) is 4.39 Å². The van der Waals surface area contributed by atoms with Crippen molar-refractivity contribution in [3.63, 3.8) is 0 Å². The van der Waals surface area contributed by atoms with E-state index in [1.165, 1.54) is 6.07 Å². The smallest absolute Gasteiger partial charge is 0.123 e. The van der Waals surface area contributed by atoms with Crippen molar-refractivity contribution < 1.29 is 8.81 Å². The lowest BCUT2D eigenvalue weighted by atomic mass is 10.1. The summed E-state index contributed by atoms with van der Waals surface area (Å²) < 4.78 is 18.5. The summed E-state index contributed by atoms with van der Waals surface area (Å²) in [5.74, 6) is 1.68. The second-order valence-electron chi connectivity index (χ2n) is 4.50. The number of benzene rings is 1. The predicted octanol–water partition coefficient (Wildman–Crippen LogP) is 3.62. The van der Waals surface area contributed by atoms with Crippen molar-refractivity contribution in [1.29, 1.82) is 0 Å². The molecule has 0 saturated heterocycles. The molecule has 2 rings (SSSR count). The third-order valence-corrected chi connectivity index (χ3v) is 2.94. The minimum atomic E-state index is -0.179. The molecule has 96 valence electrons. The Hall–Kier alpha value is -1.61. The minimum absolute atomic E-state index is 0.173. The van der Waals surface area contributed by atoms with Gasteiger partial charge in [-0.1, -0.05) is 12.1 Å². The van der Waals surface area contributed by atoms with Gasteiger partial charge in [0.05, 0.1) is 6.04 Å². The van der Waals surface area contributed by atoms with E-state index in [1.54, 1.807) is 12.1 Å². The van der Waals surface area contributed by atoms with Crippen LogP contribution in [0.25, 0.3) is 0 Å². The number of furan rings is 1. The van der Waals surface area contributed by atoms with E-state index in [-0.39, 0.29) is 11.9 Å². The molecule has 0 aliphatic heterocycles. The van der Waals surface area contributed by atoms with E-state index in [2.05, 4.69) is 12.2 Å². The molecule has 0 aliphatic rings. The van der Waals surface area contributed by atoms with Crippen LogP contribution in [0.5, 0.6) is 0 Å². The van der Waals surface area contributed by atoms with Crippen molar-refractivity contribution >= 4 is 0 Å². The van der Waals surface area contributed by atoms with E-state index in [0.717, 1.165) is 30.0 Å². The van der Waals surface area contributed by atoms with E-state index in [1.807, 2.05) is 25.1 Å². The summed E-state index contributed by atoms with van der Waals surface area (Å²) in [4.78, 5) is 0. The lowest BCUT2D eigenvalue weighted by molar-refractivity contribution is 0.418. The zero-order valence-electron chi connectivity index (χ0n) is 10.7. The SMILES string of the molecule is Cc1ccc(C(C)NCCc2cccc(F)c2)o1. The predicted molar refractivity (Wildman–Crippen MR) is 70.0 cm³/mol. The molecule has 0 amide bonds. The number of halogens is 1. The highest BCUT2D eigenvalue weighted by atomic mass is 19.1. The van der Waals surface area contributed by atoms with E-state index in [4.69, 9.17) is 4.42 Å². The largest absolute Gasteiger partial charge is 0.465 e. The molecule has 0 spiro atoms. The molecule has 2 nitrogen and oxygen atoms in total. The second kappa shape index (κ2) is 5.83. The van der Waals surface area contributed by atoms with Crippen LogP contribution in [0.2, 0.25) is 0 Å². The molecular formula is C15H18FNO. The second-order valence-corrected chi connectivity index (χ2v) is 4.50. The maximum absolute atomic E-state index is 13.0. The van der Waals surface area contributed by atoms with E-state index in [0.29, 0.717) is 0 Å². The lowest BCUT2D eigenvalue weighted by Crippen LogP contribution is -2.21. The Kier molecular flexibility index (Phi) is 4.15. The lowest BCUT2D eigenvalue weighted by Gasteiger charge is -2.11. The van der Waals surface area contributed by atoms with Crippen molar-refractivity contribution in [3.8, 4) is 0 Å². The van der Waals surface area contributed by atoms with Crippen LogP contribution in [0.3, 0.4) is 0 Å². The van der Waals surface area contributed by atoms with E-state index >= 15 is 0 Å². The maximum atomic E-state index is 13.0. The zero-order valence-corrected chi connectivity index (χ0v) is 10.7. The van der Waals surface area contributed by atoms with Gasteiger partial charge in [0, 0.05) is 0 Å². The number of aryl methyl sites for hydroxylation is 1. The quantitative estimate of drug-likeness (QED) is 0.873. The zero-order chi connectivity index (χ0) is 13.0. The first-order valence-corrected chi connectivity index (χ1v) is 6.19. The highest BCUT2D eigenvalue weighted by molar-refractivity contribution is 5.16. The van der Waals surface area contributed by atoms with Crippen LogP contribution in [0.15, 0.2) is 40.8 Å². The average Bonchev–Trinajstić information content (AvgIpc) is 2.76. The third-order valence-electron chi connectivity index (χ3n) is 2.94. The standard InChI is InChI=1S/C15H18FNO/c1-11-6-7-15(18-11)12(2)17-9-8-13-4-3-5-14(16)10-13/h3-7,10,12,17H,8-9H2,1-2H3. The molecule has 3 heteroatoms. The van der Waals surface area contributed by atoms with Crippen LogP contribution in [-0.2, 0) is 6.42 Å². The van der Waals surface area contributed by atoms with Gasteiger partial charge in [0.1, 0.15) is 17.3 Å². The number of hydrogen-bond donors (Lipinski definition) is 1. The Morgan fingerprint density at radius 1 is 1.28 bits per heavy atom. The Balaban J connectivity index is 1.82. The normalized spacial score (nSPS) is 12.6. The fraction of sp³-hybridized carbons (Fsp3) is 0.333. The Bertz CT molecular complexity index is 507. The van der Waals surface area contributed by atoms with Gasteiger partial charge >= 0.3 is 0 Å². The van der Waals surface area contributed by atoms with Gasteiger partial charge in [-0.15, -0.1) is 0 Å². The van der Waals surface area contributed by atoms with Crippen LogP contribution in [0, 0.1) is 12.7 Å². The first kappa shape index (κ1) is 12.8. The first-order chi connectivity index (χ1) is 8.65. The van der Waals surface area contributed by atoms with Crippen molar-refractivity contribution in [2.75, 3.05) is 6.54 Å².